The van der Waals surface area contributed by atoms with Crippen LogP contribution in [0.3, 0.4) is 0 Å². The third-order valence-electron chi connectivity index (χ3n) is 8.19. The zero-order valence-corrected chi connectivity index (χ0v) is 27.8. The Hall–Kier alpha value is -3.36. The van der Waals surface area contributed by atoms with E-state index in [4.69, 9.17) is 14.2 Å². The van der Waals surface area contributed by atoms with Gasteiger partial charge in [0.15, 0.2) is 6.61 Å². The van der Waals surface area contributed by atoms with Crippen LogP contribution in [0, 0.1) is 0 Å². The molecule has 0 radical (unpaired) electrons. The number of rotatable bonds is 11. The highest BCUT2D eigenvalue weighted by molar-refractivity contribution is 5.85. The number of methoxy groups -OCH3 is 1. The van der Waals surface area contributed by atoms with Crippen LogP contribution < -0.4 is 14.2 Å². The van der Waals surface area contributed by atoms with Crippen LogP contribution in [0.5, 0.6) is 17.8 Å². The largest absolute Gasteiger partial charge is 0.481 e. The molecule has 0 aliphatic carbocycles. The molecule has 2 saturated heterocycles. The molecule has 0 unspecified atom stereocenters. The fourth-order valence-corrected chi connectivity index (χ4v) is 6.34. The van der Waals surface area contributed by atoms with Crippen molar-refractivity contribution in [3.63, 3.8) is 0 Å². The number of fused-ring (bicyclic) bond motifs is 1. The molecule has 2 atom stereocenters. The maximum Gasteiger partial charge on any atom is 0.422 e. The molecule has 1 amide bonds. The molecule has 0 bridgehead atoms. The van der Waals surface area contributed by atoms with E-state index in [1.807, 2.05) is 36.4 Å². The number of ether oxygens (including phenoxy) is 3. The molecule has 0 spiro atoms. The van der Waals surface area contributed by atoms with Gasteiger partial charge in [-0.05, 0) is 18.1 Å². The molecule has 10 nitrogen and oxygen atoms in total. The topological polar surface area (TPSA) is 100 Å². The molecule has 47 heavy (non-hydrogen) atoms. The summed E-state index contributed by atoms with van der Waals surface area (Å²) in [5.74, 6) is -0.578. The van der Waals surface area contributed by atoms with E-state index in [9.17, 15) is 23.1 Å². The number of amides is 1. The van der Waals surface area contributed by atoms with Crippen molar-refractivity contribution in [2.75, 3.05) is 59.7 Å². The number of carbonyl (C=O) groups is 1. The number of nitrogens with zero attached hydrogens (tertiary/aromatic N) is 5. The lowest BCUT2D eigenvalue weighted by molar-refractivity contribution is -0.154. The molecule has 1 aromatic heterocycles. The van der Waals surface area contributed by atoms with Gasteiger partial charge in [0.2, 0.25) is 17.7 Å². The SMILES string of the molecule is CCOc1nc(OC)c(CN2C[C@@H]3CN(C(=O)CO)CCN3[C@H](C(c3ccccc3)c3ccccc3)C2)c(OCC(F)(F)F)n1.Cl.Cl. The molecule has 15 heteroatoms. The Morgan fingerprint density at radius 1 is 0.936 bits per heavy atom. The monoisotopic (exact) mass is 701 g/mol. The van der Waals surface area contributed by atoms with Gasteiger partial charge in [0, 0.05) is 57.3 Å². The van der Waals surface area contributed by atoms with Crippen molar-refractivity contribution >= 4 is 30.7 Å². The van der Waals surface area contributed by atoms with Crippen LogP contribution in [0.25, 0.3) is 0 Å². The second kappa shape index (κ2) is 17.2. The van der Waals surface area contributed by atoms with Crippen LogP contribution in [0.2, 0.25) is 0 Å². The Labute approximate surface area is 284 Å². The Morgan fingerprint density at radius 3 is 2.11 bits per heavy atom. The summed E-state index contributed by atoms with van der Waals surface area (Å²) in [6, 6.07) is 20.1. The van der Waals surface area contributed by atoms with Gasteiger partial charge in [-0.25, -0.2) is 0 Å². The van der Waals surface area contributed by atoms with E-state index >= 15 is 0 Å². The molecule has 3 heterocycles. The van der Waals surface area contributed by atoms with Crippen LogP contribution in [0.1, 0.15) is 29.5 Å². The van der Waals surface area contributed by atoms with Gasteiger partial charge in [-0.1, -0.05) is 60.7 Å². The number of hydrogen-bond acceptors (Lipinski definition) is 9. The van der Waals surface area contributed by atoms with Crippen molar-refractivity contribution in [2.24, 2.45) is 0 Å². The fourth-order valence-electron chi connectivity index (χ4n) is 6.34. The first kappa shape index (κ1) is 38.1. The summed E-state index contributed by atoms with van der Waals surface area (Å²) in [6.45, 7) is 2.49. The lowest BCUT2D eigenvalue weighted by Gasteiger charge is -2.53. The molecule has 5 rings (SSSR count). The minimum atomic E-state index is -4.58. The van der Waals surface area contributed by atoms with E-state index in [0.29, 0.717) is 32.7 Å². The lowest BCUT2D eigenvalue weighted by Crippen LogP contribution is -2.67. The zero-order chi connectivity index (χ0) is 32.0. The van der Waals surface area contributed by atoms with E-state index in [0.717, 1.165) is 11.1 Å². The van der Waals surface area contributed by atoms with Crippen molar-refractivity contribution in [3.05, 3.63) is 77.4 Å². The summed E-state index contributed by atoms with van der Waals surface area (Å²) in [5.41, 5.74) is 2.52. The van der Waals surface area contributed by atoms with E-state index in [1.165, 1.54) is 7.11 Å². The van der Waals surface area contributed by atoms with Crippen LogP contribution >= 0.6 is 24.8 Å². The van der Waals surface area contributed by atoms with E-state index in [1.54, 1.807) is 11.8 Å². The number of hydrogen-bond donors (Lipinski definition) is 1. The predicted molar refractivity (Wildman–Crippen MR) is 174 cm³/mol. The van der Waals surface area contributed by atoms with Crippen molar-refractivity contribution in [3.8, 4) is 17.8 Å². The predicted octanol–water partition coefficient (Wildman–Crippen LogP) is 4.19. The van der Waals surface area contributed by atoms with Gasteiger partial charge in [-0.3, -0.25) is 14.6 Å². The Bertz CT molecular complexity index is 1390. The van der Waals surface area contributed by atoms with E-state index < -0.39 is 19.4 Å². The second-order valence-corrected chi connectivity index (χ2v) is 11.1. The number of carbonyl (C=O) groups excluding carboxylic acids is 1. The van der Waals surface area contributed by atoms with Gasteiger partial charge in [-0.15, -0.1) is 24.8 Å². The molecular formula is C32H40Cl2F3N5O5. The molecular weight excluding hydrogens is 662 g/mol. The average Bonchev–Trinajstić information content (AvgIpc) is 3.04. The van der Waals surface area contributed by atoms with Gasteiger partial charge < -0.3 is 24.2 Å². The van der Waals surface area contributed by atoms with Crippen LogP contribution in [0.4, 0.5) is 13.2 Å². The van der Waals surface area contributed by atoms with E-state index in [-0.39, 0.29) is 85.2 Å². The Kier molecular flexibility index (Phi) is 13.9. The zero-order valence-electron chi connectivity index (χ0n) is 26.1. The van der Waals surface area contributed by atoms with Crippen molar-refractivity contribution < 1.29 is 37.3 Å². The summed E-state index contributed by atoms with van der Waals surface area (Å²) in [6.07, 6.45) is -4.58. The number of benzene rings is 2. The van der Waals surface area contributed by atoms with Crippen molar-refractivity contribution in [1.82, 2.24) is 24.7 Å². The molecule has 1 N–H and O–H groups in total. The summed E-state index contributed by atoms with van der Waals surface area (Å²) in [4.78, 5) is 27.2. The van der Waals surface area contributed by atoms with Crippen LogP contribution in [-0.2, 0) is 11.3 Å². The number of halogens is 5. The molecule has 2 aliphatic heterocycles. The highest BCUT2D eigenvalue weighted by Gasteiger charge is 2.43. The Balaban J connectivity index is 0.00000300. The fraction of sp³-hybridized carbons (Fsp3) is 0.469. The van der Waals surface area contributed by atoms with Gasteiger partial charge in [0.25, 0.3) is 0 Å². The molecule has 3 aromatic rings. The number of piperazine rings is 2. The van der Waals surface area contributed by atoms with Gasteiger partial charge in [0.05, 0.1) is 19.3 Å². The first-order valence-electron chi connectivity index (χ1n) is 14.9. The molecule has 2 fully saturated rings. The smallest absolute Gasteiger partial charge is 0.422 e. The molecule has 258 valence electrons. The molecule has 0 saturated carbocycles. The summed E-state index contributed by atoms with van der Waals surface area (Å²) >= 11 is 0. The maximum absolute atomic E-state index is 13.2. The Morgan fingerprint density at radius 2 is 1.55 bits per heavy atom. The summed E-state index contributed by atoms with van der Waals surface area (Å²) < 4.78 is 55.8. The van der Waals surface area contributed by atoms with E-state index in [2.05, 4.69) is 44.0 Å². The van der Waals surface area contributed by atoms with Gasteiger partial charge in [-0.2, -0.15) is 23.1 Å². The summed E-state index contributed by atoms with van der Waals surface area (Å²) in [7, 11) is 1.39. The first-order chi connectivity index (χ1) is 21.7. The van der Waals surface area contributed by atoms with Crippen molar-refractivity contribution in [1.29, 1.82) is 0 Å². The number of aliphatic hydroxyl groups excluding tert-OH is 1. The highest BCUT2D eigenvalue weighted by Crippen LogP contribution is 2.37. The quantitative estimate of drug-likeness (QED) is 0.316. The minimum Gasteiger partial charge on any atom is -0.481 e. The van der Waals surface area contributed by atoms with Gasteiger partial charge >= 0.3 is 12.2 Å². The maximum atomic E-state index is 13.2. The summed E-state index contributed by atoms with van der Waals surface area (Å²) in [5, 5.41) is 9.58. The second-order valence-electron chi connectivity index (χ2n) is 11.1. The average molecular weight is 703 g/mol. The van der Waals surface area contributed by atoms with Crippen LogP contribution in [0.15, 0.2) is 60.7 Å². The minimum absolute atomic E-state index is 0. The normalized spacial score (nSPS) is 18.5. The first-order valence-corrected chi connectivity index (χ1v) is 14.9. The third kappa shape index (κ3) is 9.38. The molecule has 2 aromatic carbocycles. The number of alkyl halides is 3. The van der Waals surface area contributed by atoms with Crippen molar-refractivity contribution in [2.45, 2.75) is 37.6 Å². The number of aliphatic hydroxyl groups is 1. The highest BCUT2D eigenvalue weighted by atomic mass is 35.5. The standard InChI is InChI=1S/C32H38F3N5O5.2ClH/c1-3-44-31-36-29(43-2)25(30(37-31)45-21-32(33,34)35)18-38-16-24-17-39(27(42)20-41)14-15-40(24)26(19-38)28(22-10-6-4-7-11-22)23-12-8-5-9-13-23;;/h4-13,24,26,28,41H,3,14-21H2,1-2H3;2*1H/t24-,26+;;/m1../s1. The lowest BCUT2D eigenvalue weighted by atomic mass is 9.81. The van der Waals surface area contributed by atoms with Gasteiger partial charge in [0.1, 0.15) is 6.61 Å². The molecule has 2 aliphatic rings. The third-order valence-corrected chi connectivity index (χ3v) is 8.19. The number of aromatic nitrogens is 2. The van der Waals surface area contributed by atoms with Crippen LogP contribution in [-0.4, -0.2) is 114 Å².